The van der Waals surface area contributed by atoms with Gasteiger partial charge in [0.1, 0.15) is 0 Å². The number of urea groups is 1. The second-order valence-corrected chi connectivity index (χ2v) is 7.95. The number of amides is 2. The van der Waals surface area contributed by atoms with E-state index >= 15 is 0 Å². The van der Waals surface area contributed by atoms with Gasteiger partial charge in [0, 0.05) is 45.0 Å². The van der Waals surface area contributed by atoms with E-state index in [-0.39, 0.29) is 6.03 Å². The zero-order chi connectivity index (χ0) is 17.6. The van der Waals surface area contributed by atoms with Crippen LogP contribution in [0.15, 0.2) is 12.4 Å². The first-order chi connectivity index (χ1) is 12.1. The number of likely N-dealkylation sites (tertiary alicyclic amines) is 2. The predicted octanol–water partition coefficient (Wildman–Crippen LogP) is 1.82. The number of hydrogen-bond acceptors (Lipinski definition) is 4. The first-order valence-corrected chi connectivity index (χ1v) is 9.72. The second-order valence-electron chi connectivity index (χ2n) is 7.95. The van der Waals surface area contributed by atoms with Gasteiger partial charge in [-0.3, -0.25) is 9.58 Å². The Hall–Kier alpha value is -1.63. The minimum Gasteiger partial charge on any atom is -0.336 e. The fourth-order valence-electron chi connectivity index (χ4n) is 4.15. The first-order valence-electron chi connectivity index (χ1n) is 9.72. The Labute approximate surface area is 150 Å². The topological polar surface area (TPSA) is 66.3 Å². The van der Waals surface area contributed by atoms with Gasteiger partial charge in [0.05, 0.1) is 6.20 Å². The SMILES string of the molecule is CC(C)CN1CCC[C@@H]1CNC(=O)N1CCCC(Cn2ccnn2)C1. The summed E-state index contributed by atoms with van der Waals surface area (Å²) in [7, 11) is 0. The van der Waals surface area contributed by atoms with Crippen molar-refractivity contribution in [1.29, 1.82) is 0 Å². The molecule has 0 saturated carbocycles. The molecule has 140 valence electrons. The van der Waals surface area contributed by atoms with Crippen LogP contribution in [-0.4, -0.2) is 69.6 Å². The number of aromatic nitrogens is 3. The molecule has 0 radical (unpaired) electrons. The Morgan fingerprint density at radius 3 is 2.88 bits per heavy atom. The van der Waals surface area contributed by atoms with E-state index in [1.54, 1.807) is 6.20 Å². The molecule has 3 rings (SSSR count). The third kappa shape index (κ3) is 5.17. The molecule has 1 aromatic heterocycles. The zero-order valence-electron chi connectivity index (χ0n) is 15.6. The molecule has 0 aliphatic carbocycles. The van der Waals surface area contributed by atoms with Gasteiger partial charge in [0.2, 0.25) is 0 Å². The summed E-state index contributed by atoms with van der Waals surface area (Å²) in [5.41, 5.74) is 0. The highest BCUT2D eigenvalue weighted by Crippen LogP contribution is 2.20. The largest absolute Gasteiger partial charge is 0.336 e. The summed E-state index contributed by atoms with van der Waals surface area (Å²) in [6.45, 7) is 10.1. The van der Waals surface area contributed by atoms with Crippen molar-refractivity contribution in [1.82, 2.24) is 30.1 Å². The fourth-order valence-corrected chi connectivity index (χ4v) is 4.15. The summed E-state index contributed by atoms with van der Waals surface area (Å²) in [4.78, 5) is 17.1. The maximum Gasteiger partial charge on any atom is 0.317 e. The molecule has 25 heavy (non-hydrogen) atoms. The van der Waals surface area contributed by atoms with E-state index in [1.807, 2.05) is 15.8 Å². The van der Waals surface area contributed by atoms with Gasteiger partial charge in [-0.25, -0.2) is 4.79 Å². The van der Waals surface area contributed by atoms with Crippen LogP contribution in [0, 0.1) is 11.8 Å². The smallest absolute Gasteiger partial charge is 0.317 e. The minimum absolute atomic E-state index is 0.0969. The molecule has 0 bridgehead atoms. The van der Waals surface area contributed by atoms with Crippen molar-refractivity contribution in [2.24, 2.45) is 11.8 Å². The average Bonchev–Trinajstić information content (AvgIpc) is 3.24. The van der Waals surface area contributed by atoms with Gasteiger partial charge in [-0.15, -0.1) is 5.10 Å². The molecule has 2 aliphatic rings. The molecule has 1 aromatic rings. The van der Waals surface area contributed by atoms with Crippen LogP contribution >= 0.6 is 0 Å². The Morgan fingerprint density at radius 2 is 2.12 bits per heavy atom. The fraction of sp³-hybridized carbons (Fsp3) is 0.833. The molecule has 2 atom stereocenters. The van der Waals surface area contributed by atoms with Crippen molar-refractivity contribution < 1.29 is 4.79 Å². The van der Waals surface area contributed by atoms with Gasteiger partial charge in [-0.05, 0) is 44.1 Å². The van der Waals surface area contributed by atoms with Crippen LogP contribution in [0.1, 0.15) is 39.5 Å². The summed E-state index contributed by atoms with van der Waals surface area (Å²) < 4.78 is 1.87. The lowest BCUT2D eigenvalue weighted by atomic mass is 9.98. The van der Waals surface area contributed by atoms with E-state index in [4.69, 9.17) is 0 Å². The number of nitrogens with zero attached hydrogens (tertiary/aromatic N) is 5. The van der Waals surface area contributed by atoms with E-state index in [9.17, 15) is 4.79 Å². The third-order valence-corrected chi connectivity index (χ3v) is 5.31. The summed E-state index contributed by atoms with van der Waals surface area (Å²) in [5.74, 6) is 1.14. The highest BCUT2D eigenvalue weighted by molar-refractivity contribution is 5.74. The van der Waals surface area contributed by atoms with Crippen molar-refractivity contribution in [2.75, 3.05) is 32.7 Å². The van der Waals surface area contributed by atoms with E-state index in [0.29, 0.717) is 17.9 Å². The van der Waals surface area contributed by atoms with Crippen LogP contribution in [0.2, 0.25) is 0 Å². The lowest BCUT2D eigenvalue weighted by Crippen LogP contribution is -2.49. The number of nitrogens with one attached hydrogen (secondary N) is 1. The molecule has 2 amide bonds. The summed E-state index contributed by atoms with van der Waals surface area (Å²) in [6.07, 6.45) is 8.25. The van der Waals surface area contributed by atoms with Crippen LogP contribution in [-0.2, 0) is 6.54 Å². The van der Waals surface area contributed by atoms with Crippen molar-refractivity contribution in [2.45, 2.75) is 52.1 Å². The molecule has 0 spiro atoms. The van der Waals surface area contributed by atoms with Crippen molar-refractivity contribution >= 4 is 6.03 Å². The molecular formula is C18H32N6O. The van der Waals surface area contributed by atoms with Crippen molar-refractivity contribution in [3.05, 3.63) is 12.4 Å². The maximum absolute atomic E-state index is 12.6. The molecule has 1 N–H and O–H groups in total. The van der Waals surface area contributed by atoms with E-state index in [0.717, 1.165) is 45.6 Å². The Balaban J connectivity index is 1.44. The molecule has 3 heterocycles. The number of carbonyl (C=O) groups excluding carboxylic acids is 1. The molecule has 2 aliphatic heterocycles. The Kier molecular flexibility index (Phi) is 6.29. The normalized spacial score (nSPS) is 24.8. The molecular weight excluding hydrogens is 316 g/mol. The van der Waals surface area contributed by atoms with Crippen molar-refractivity contribution in [3.8, 4) is 0 Å². The summed E-state index contributed by atoms with van der Waals surface area (Å²) in [5, 5.41) is 11.1. The monoisotopic (exact) mass is 348 g/mol. The molecule has 2 saturated heterocycles. The van der Waals surface area contributed by atoms with Crippen LogP contribution in [0.3, 0.4) is 0 Å². The van der Waals surface area contributed by atoms with Crippen LogP contribution in [0.5, 0.6) is 0 Å². The van der Waals surface area contributed by atoms with Crippen molar-refractivity contribution in [3.63, 3.8) is 0 Å². The predicted molar refractivity (Wildman–Crippen MR) is 97.2 cm³/mol. The summed E-state index contributed by atoms with van der Waals surface area (Å²) >= 11 is 0. The average molecular weight is 348 g/mol. The van der Waals surface area contributed by atoms with Gasteiger partial charge in [-0.2, -0.15) is 0 Å². The highest BCUT2D eigenvalue weighted by Gasteiger charge is 2.27. The number of carbonyl (C=O) groups is 1. The van der Waals surface area contributed by atoms with Gasteiger partial charge in [0.15, 0.2) is 0 Å². The highest BCUT2D eigenvalue weighted by atomic mass is 16.2. The molecule has 0 aromatic carbocycles. The van der Waals surface area contributed by atoms with Crippen LogP contribution < -0.4 is 5.32 Å². The minimum atomic E-state index is 0.0969. The maximum atomic E-state index is 12.6. The lowest BCUT2D eigenvalue weighted by molar-refractivity contribution is 0.153. The lowest BCUT2D eigenvalue weighted by Gasteiger charge is -2.33. The Bertz CT molecular complexity index is 532. The van der Waals surface area contributed by atoms with Crippen LogP contribution in [0.4, 0.5) is 4.79 Å². The Morgan fingerprint density at radius 1 is 1.28 bits per heavy atom. The van der Waals surface area contributed by atoms with E-state index < -0.39 is 0 Å². The van der Waals surface area contributed by atoms with Crippen LogP contribution in [0.25, 0.3) is 0 Å². The number of piperidine rings is 1. The van der Waals surface area contributed by atoms with Gasteiger partial charge >= 0.3 is 6.03 Å². The van der Waals surface area contributed by atoms with Gasteiger partial charge in [-0.1, -0.05) is 19.1 Å². The van der Waals surface area contributed by atoms with E-state index in [2.05, 4.69) is 34.4 Å². The second kappa shape index (κ2) is 8.65. The third-order valence-electron chi connectivity index (χ3n) is 5.31. The quantitative estimate of drug-likeness (QED) is 0.852. The van der Waals surface area contributed by atoms with E-state index in [1.165, 1.54) is 19.4 Å². The first kappa shape index (κ1) is 18.2. The number of rotatable bonds is 6. The molecule has 7 nitrogen and oxygen atoms in total. The molecule has 2 fully saturated rings. The molecule has 1 unspecified atom stereocenters. The summed E-state index contributed by atoms with van der Waals surface area (Å²) in [6, 6.07) is 0.599. The zero-order valence-corrected chi connectivity index (χ0v) is 15.6. The van der Waals surface area contributed by atoms with Gasteiger partial charge < -0.3 is 10.2 Å². The van der Waals surface area contributed by atoms with Gasteiger partial charge in [0.25, 0.3) is 0 Å². The number of hydrogen-bond donors (Lipinski definition) is 1. The molecule has 7 heteroatoms. The standard InChI is InChI=1S/C18H32N6O/c1-15(2)12-22-8-4-6-17(22)11-19-18(25)23-9-3-5-16(13-23)14-24-10-7-20-21-24/h7,10,15-17H,3-6,8-9,11-14H2,1-2H3,(H,19,25)/t16?,17-/m1/s1.